The van der Waals surface area contributed by atoms with Gasteiger partial charge in [0.1, 0.15) is 5.82 Å². The van der Waals surface area contributed by atoms with E-state index in [1.807, 2.05) is 38.2 Å². The van der Waals surface area contributed by atoms with E-state index in [1.165, 1.54) is 0 Å². The molecule has 2 heterocycles. The highest BCUT2D eigenvalue weighted by Gasteiger charge is 2.28. The summed E-state index contributed by atoms with van der Waals surface area (Å²) in [6.45, 7) is 3.88. The molecule has 1 aliphatic carbocycles. The van der Waals surface area contributed by atoms with Crippen LogP contribution < -0.4 is 10.1 Å². The Morgan fingerprint density at radius 3 is 3.04 bits per heavy atom. The molecule has 3 rings (SSSR count). The van der Waals surface area contributed by atoms with Gasteiger partial charge in [-0.3, -0.25) is 9.89 Å². The number of anilines is 1. The predicted octanol–water partition coefficient (Wildman–Crippen LogP) is 3.88. The molecule has 2 atom stereocenters. The number of H-pyrrole nitrogens is 1. The van der Waals surface area contributed by atoms with Gasteiger partial charge in [0.2, 0.25) is 11.8 Å². The van der Waals surface area contributed by atoms with Crippen LogP contribution in [0, 0.1) is 5.92 Å². The van der Waals surface area contributed by atoms with Gasteiger partial charge in [0.05, 0.1) is 11.1 Å². The quantitative estimate of drug-likeness (QED) is 0.817. The third kappa shape index (κ3) is 5.22. The van der Waals surface area contributed by atoms with Crippen LogP contribution in [0.2, 0.25) is 0 Å². The average Bonchev–Trinajstić information content (AvgIpc) is 3.02. The van der Waals surface area contributed by atoms with Gasteiger partial charge in [-0.25, -0.2) is 4.98 Å². The lowest BCUT2D eigenvalue weighted by molar-refractivity contribution is -0.120. The molecule has 1 amide bonds. The molecule has 2 aromatic rings. The van der Waals surface area contributed by atoms with Gasteiger partial charge in [-0.2, -0.15) is 0 Å². The molecule has 2 N–H and O–H groups in total. The zero-order chi connectivity index (χ0) is 17.6. The molecule has 134 valence electrons. The van der Waals surface area contributed by atoms with Gasteiger partial charge in [0.25, 0.3) is 0 Å². The molecule has 1 aliphatic rings. The fraction of sp³-hybridized carbons (Fsp3) is 0.500. The lowest BCUT2D eigenvalue weighted by atomic mass is 9.88. The fourth-order valence-corrected chi connectivity index (χ4v) is 4.22. The minimum absolute atomic E-state index is 0.0210. The van der Waals surface area contributed by atoms with Crippen molar-refractivity contribution >= 4 is 23.5 Å². The van der Waals surface area contributed by atoms with Crippen LogP contribution in [-0.2, 0) is 4.79 Å². The first-order valence-electron chi connectivity index (χ1n) is 8.71. The number of hydrogen-bond acceptors (Lipinski definition) is 5. The zero-order valence-electron chi connectivity index (χ0n) is 14.6. The molecule has 0 bridgehead atoms. The van der Waals surface area contributed by atoms with E-state index in [0.29, 0.717) is 16.9 Å². The highest BCUT2D eigenvalue weighted by molar-refractivity contribution is 7.99. The van der Waals surface area contributed by atoms with Crippen LogP contribution in [-0.4, -0.2) is 32.4 Å². The second kappa shape index (κ2) is 8.38. The minimum Gasteiger partial charge on any atom is -0.474 e. The number of amides is 1. The van der Waals surface area contributed by atoms with Crippen molar-refractivity contribution in [2.75, 3.05) is 5.32 Å². The normalized spacial score (nSPS) is 20.4. The third-order valence-corrected chi connectivity index (χ3v) is 5.34. The summed E-state index contributed by atoms with van der Waals surface area (Å²) < 4.78 is 5.50. The first-order valence-corrected chi connectivity index (χ1v) is 9.58. The molecule has 0 radical (unpaired) electrons. The number of carbonyl (C=O) groups excluding carboxylic acids is 1. The average molecular weight is 360 g/mol. The lowest BCUT2D eigenvalue weighted by Crippen LogP contribution is -2.29. The molecule has 0 spiro atoms. The molecule has 1 fully saturated rings. The maximum atomic E-state index is 12.6. The van der Waals surface area contributed by atoms with E-state index in [1.54, 1.807) is 17.8 Å². The van der Waals surface area contributed by atoms with Gasteiger partial charge in [0.15, 0.2) is 0 Å². The van der Waals surface area contributed by atoms with Crippen molar-refractivity contribution in [2.45, 2.75) is 55.9 Å². The number of ether oxygens (including phenoxy) is 1. The van der Waals surface area contributed by atoms with E-state index < -0.39 is 0 Å². The number of hydrogen-bond donors (Lipinski definition) is 2. The first-order chi connectivity index (χ1) is 12.1. The topological polar surface area (TPSA) is 79.9 Å². The summed E-state index contributed by atoms with van der Waals surface area (Å²) in [5.74, 6) is 1.15. The summed E-state index contributed by atoms with van der Waals surface area (Å²) in [7, 11) is 0. The van der Waals surface area contributed by atoms with Crippen molar-refractivity contribution in [2.24, 2.45) is 5.92 Å². The zero-order valence-corrected chi connectivity index (χ0v) is 15.4. The van der Waals surface area contributed by atoms with E-state index >= 15 is 0 Å². The third-order valence-electron chi connectivity index (χ3n) is 4.09. The van der Waals surface area contributed by atoms with Crippen LogP contribution in [0.15, 0.2) is 35.5 Å². The number of aromatic amines is 1. The molecule has 6 nitrogen and oxygen atoms in total. The Balaban J connectivity index is 1.54. The van der Waals surface area contributed by atoms with Crippen LogP contribution in [0.4, 0.5) is 5.82 Å². The van der Waals surface area contributed by atoms with Crippen LogP contribution in [0.5, 0.6) is 5.88 Å². The summed E-state index contributed by atoms with van der Waals surface area (Å²) in [6.07, 6.45) is 5.85. The minimum atomic E-state index is 0.0210. The van der Waals surface area contributed by atoms with Gasteiger partial charge >= 0.3 is 0 Å². The number of nitrogens with zero attached hydrogens (tertiary/aromatic N) is 2. The van der Waals surface area contributed by atoms with E-state index in [2.05, 4.69) is 20.5 Å². The number of thioether (sulfide) groups is 1. The summed E-state index contributed by atoms with van der Waals surface area (Å²) in [5, 5.41) is 11.2. The van der Waals surface area contributed by atoms with Crippen LogP contribution in [0.25, 0.3) is 0 Å². The molecule has 1 unspecified atom stereocenters. The Morgan fingerprint density at radius 1 is 1.40 bits per heavy atom. The van der Waals surface area contributed by atoms with Gasteiger partial charge in [-0.05, 0) is 45.2 Å². The number of pyridine rings is 1. The Morgan fingerprint density at radius 2 is 2.28 bits per heavy atom. The summed E-state index contributed by atoms with van der Waals surface area (Å²) in [6, 6.07) is 7.66. The summed E-state index contributed by atoms with van der Waals surface area (Å²) >= 11 is 1.77. The lowest BCUT2D eigenvalue weighted by Gasteiger charge is -2.27. The van der Waals surface area contributed by atoms with Crippen molar-refractivity contribution in [3.63, 3.8) is 0 Å². The smallest absolute Gasteiger partial charge is 0.234 e. The van der Waals surface area contributed by atoms with Crippen molar-refractivity contribution < 1.29 is 9.53 Å². The molecule has 0 aliphatic heterocycles. The summed E-state index contributed by atoms with van der Waals surface area (Å²) in [5.41, 5.74) is 0. The van der Waals surface area contributed by atoms with Crippen molar-refractivity contribution in [1.82, 2.24) is 15.2 Å². The van der Waals surface area contributed by atoms with Gasteiger partial charge in [-0.15, -0.1) is 16.9 Å². The molecule has 7 heteroatoms. The monoisotopic (exact) mass is 360 g/mol. The molecule has 2 aromatic heterocycles. The standard InChI is InChI=1S/C18H24N4O2S/c1-12(2)24-16-11-15(21-22-16)20-18(23)13-6-5-7-14(10-13)25-17-8-3-4-9-19-17/h3-4,8-9,11-14H,5-7,10H2,1-2H3,(H2,20,21,22,23)/t13?,14-/m0/s1. The molecular formula is C18H24N4O2S. The summed E-state index contributed by atoms with van der Waals surface area (Å²) in [4.78, 5) is 16.9. The molecule has 0 aromatic carbocycles. The molecule has 1 saturated carbocycles. The number of carbonyl (C=O) groups is 1. The van der Waals surface area contributed by atoms with E-state index in [4.69, 9.17) is 4.74 Å². The Bertz CT molecular complexity index is 689. The molecule has 0 saturated heterocycles. The Hall–Kier alpha value is -2.02. The van der Waals surface area contributed by atoms with Crippen LogP contribution >= 0.6 is 11.8 Å². The Kier molecular flexibility index (Phi) is 5.96. The SMILES string of the molecule is CC(C)Oc1cc(NC(=O)C2CCC[C@H](Sc3ccccn3)C2)[nH]n1. The fourth-order valence-electron chi connectivity index (χ4n) is 2.98. The Labute approximate surface area is 152 Å². The number of nitrogens with one attached hydrogen (secondary N) is 2. The second-order valence-electron chi connectivity index (χ2n) is 6.55. The van der Waals surface area contributed by atoms with E-state index in [9.17, 15) is 4.79 Å². The maximum absolute atomic E-state index is 12.6. The van der Waals surface area contributed by atoms with Crippen molar-refractivity contribution in [1.29, 1.82) is 0 Å². The second-order valence-corrected chi connectivity index (χ2v) is 7.87. The van der Waals surface area contributed by atoms with Crippen molar-refractivity contribution in [3.8, 4) is 5.88 Å². The maximum Gasteiger partial charge on any atom is 0.234 e. The highest BCUT2D eigenvalue weighted by atomic mass is 32.2. The largest absolute Gasteiger partial charge is 0.474 e. The predicted molar refractivity (Wildman–Crippen MR) is 98.8 cm³/mol. The van der Waals surface area contributed by atoms with E-state index in [0.717, 1.165) is 30.7 Å². The highest BCUT2D eigenvalue weighted by Crippen LogP contribution is 2.36. The first kappa shape index (κ1) is 17.8. The molecule has 25 heavy (non-hydrogen) atoms. The van der Waals surface area contributed by atoms with Gasteiger partial charge < -0.3 is 10.1 Å². The van der Waals surface area contributed by atoms with Crippen LogP contribution in [0.1, 0.15) is 39.5 Å². The van der Waals surface area contributed by atoms with Crippen LogP contribution in [0.3, 0.4) is 0 Å². The number of rotatable bonds is 6. The number of aromatic nitrogens is 3. The van der Waals surface area contributed by atoms with Crippen molar-refractivity contribution in [3.05, 3.63) is 30.5 Å². The van der Waals surface area contributed by atoms with E-state index in [-0.39, 0.29) is 17.9 Å². The molecular weight excluding hydrogens is 336 g/mol. The van der Waals surface area contributed by atoms with Gasteiger partial charge in [0, 0.05) is 23.4 Å². The van der Waals surface area contributed by atoms with Gasteiger partial charge in [-0.1, -0.05) is 12.5 Å².